The Labute approximate surface area is 130 Å². The smallest absolute Gasteiger partial charge is 0.149 e. The first-order chi connectivity index (χ1) is 10.6. The standard InChI is InChI=1S/C17H21N5/c1-12-7-8-16(17(18)20-12)22(19)13(2)21-10-9-14-5-3-4-6-15(14)11-21/h3-8H,2,9-11,19H2,1H3,(H2,18,20). The van der Waals surface area contributed by atoms with Crippen LogP contribution in [0, 0.1) is 6.92 Å². The molecule has 0 saturated heterocycles. The van der Waals surface area contributed by atoms with Crippen molar-refractivity contribution in [2.45, 2.75) is 19.9 Å². The van der Waals surface area contributed by atoms with E-state index in [4.69, 9.17) is 11.6 Å². The number of aryl methyl sites for hydroxylation is 1. The number of hydrazine groups is 1. The summed E-state index contributed by atoms with van der Waals surface area (Å²) in [6.45, 7) is 7.73. The van der Waals surface area contributed by atoms with Gasteiger partial charge in [0.25, 0.3) is 0 Å². The number of hydrogen-bond donors (Lipinski definition) is 2. The molecule has 0 aliphatic carbocycles. The van der Waals surface area contributed by atoms with E-state index < -0.39 is 0 Å². The molecule has 1 aromatic heterocycles. The van der Waals surface area contributed by atoms with Gasteiger partial charge in [0.2, 0.25) is 0 Å². The van der Waals surface area contributed by atoms with Crippen molar-refractivity contribution in [2.24, 2.45) is 5.84 Å². The van der Waals surface area contributed by atoms with Crippen molar-refractivity contribution in [1.82, 2.24) is 9.88 Å². The van der Waals surface area contributed by atoms with E-state index in [1.165, 1.54) is 16.1 Å². The molecule has 0 atom stereocenters. The number of pyridine rings is 1. The van der Waals surface area contributed by atoms with Crippen molar-refractivity contribution < 1.29 is 0 Å². The summed E-state index contributed by atoms with van der Waals surface area (Å²) in [7, 11) is 0. The zero-order chi connectivity index (χ0) is 15.7. The number of hydrogen-bond acceptors (Lipinski definition) is 5. The van der Waals surface area contributed by atoms with E-state index in [1.54, 1.807) is 0 Å². The number of nitrogens with two attached hydrogens (primary N) is 2. The second-order valence-electron chi connectivity index (χ2n) is 5.58. The van der Waals surface area contributed by atoms with Gasteiger partial charge in [-0.25, -0.2) is 10.8 Å². The van der Waals surface area contributed by atoms with Gasteiger partial charge in [0.15, 0.2) is 0 Å². The van der Waals surface area contributed by atoms with Gasteiger partial charge < -0.3 is 10.6 Å². The predicted octanol–water partition coefficient (Wildman–Crippen LogP) is 2.18. The number of fused-ring (bicyclic) bond motifs is 1. The van der Waals surface area contributed by atoms with Crippen LogP contribution >= 0.6 is 0 Å². The van der Waals surface area contributed by atoms with Crippen molar-refractivity contribution in [2.75, 3.05) is 17.3 Å². The molecule has 2 aromatic rings. The lowest BCUT2D eigenvalue weighted by Gasteiger charge is -2.36. The van der Waals surface area contributed by atoms with E-state index in [9.17, 15) is 0 Å². The van der Waals surface area contributed by atoms with Crippen LogP contribution < -0.4 is 16.6 Å². The Kier molecular flexibility index (Phi) is 3.73. The Bertz CT molecular complexity index is 710. The number of benzene rings is 1. The topological polar surface area (TPSA) is 71.4 Å². The number of rotatable bonds is 3. The van der Waals surface area contributed by atoms with Gasteiger partial charge in [0, 0.05) is 18.8 Å². The third-order valence-corrected chi connectivity index (χ3v) is 4.07. The molecule has 0 amide bonds. The predicted molar refractivity (Wildman–Crippen MR) is 89.7 cm³/mol. The quantitative estimate of drug-likeness (QED) is 0.671. The van der Waals surface area contributed by atoms with E-state index in [-0.39, 0.29) is 0 Å². The summed E-state index contributed by atoms with van der Waals surface area (Å²) < 4.78 is 0. The maximum atomic E-state index is 6.21. The summed E-state index contributed by atoms with van der Waals surface area (Å²) in [5, 5.41) is 1.52. The van der Waals surface area contributed by atoms with Crippen molar-refractivity contribution in [3.05, 3.63) is 65.6 Å². The van der Waals surface area contributed by atoms with Crippen molar-refractivity contribution in [3.8, 4) is 0 Å². The Morgan fingerprint density at radius 3 is 2.68 bits per heavy atom. The van der Waals surface area contributed by atoms with Crippen LogP contribution in [0.25, 0.3) is 0 Å². The molecule has 5 nitrogen and oxygen atoms in total. The lowest BCUT2D eigenvalue weighted by molar-refractivity contribution is 0.314. The van der Waals surface area contributed by atoms with E-state index in [0.29, 0.717) is 11.5 Å². The average molecular weight is 295 g/mol. The molecule has 1 aliphatic heterocycles. The number of aromatic nitrogens is 1. The van der Waals surface area contributed by atoms with Crippen LogP contribution in [0.2, 0.25) is 0 Å². The molecule has 0 bridgehead atoms. The fraction of sp³-hybridized carbons (Fsp3) is 0.235. The molecule has 4 N–H and O–H groups in total. The molecule has 0 spiro atoms. The van der Waals surface area contributed by atoms with Crippen LogP contribution in [0.15, 0.2) is 48.8 Å². The van der Waals surface area contributed by atoms with E-state index in [2.05, 4.69) is 40.7 Å². The molecule has 1 aromatic carbocycles. The van der Waals surface area contributed by atoms with Crippen LogP contribution in [0.3, 0.4) is 0 Å². The van der Waals surface area contributed by atoms with Crippen LogP contribution in [0.4, 0.5) is 11.5 Å². The van der Waals surface area contributed by atoms with Crippen LogP contribution in [-0.2, 0) is 13.0 Å². The Hall–Kier alpha value is -2.53. The maximum Gasteiger partial charge on any atom is 0.149 e. The minimum absolute atomic E-state index is 0.418. The summed E-state index contributed by atoms with van der Waals surface area (Å²) in [6.07, 6.45) is 0.991. The van der Waals surface area contributed by atoms with E-state index in [1.807, 2.05) is 19.1 Å². The normalized spacial score (nSPS) is 13.6. The SMILES string of the molecule is C=C(N1CCc2ccccc2C1)N(N)c1ccc(C)nc1N. The van der Waals surface area contributed by atoms with Gasteiger partial charge in [-0.05, 0) is 36.6 Å². The second-order valence-corrected chi connectivity index (χ2v) is 5.58. The van der Waals surface area contributed by atoms with Crippen LogP contribution in [-0.4, -0.2) is 16.4 Å². The first-order valence-electron chi connectivity index (χ1n) is 7.35. The molecule has 3 rings (SSSR count). The molecule has 0 radical (unpaired) electrons. The molecule has 0 fully saturated rings. The Balaban J connectivity index is 1.80. The minimum atomic E-state index is 0.418. The van der Waals surface area contributed by atoms with Crippen molar-refractivity contribution >= 4 is 11.5 Å². The maximum absolute atomic E-state index is 6.21. The van der Waals surface area contributed by atoms with Crippen LogP contribution in [0.1, 0.15) is 16.8 Å². The highest BCUT2D eigenvalue weighted by Crippen LogP contribution is 2.26. The molecule has 0 saturated carbocycles. The summed E-state index contributed by atoms with van der Waals surface area (Å²) >= 11 is 0. The molecular weight excluding hydrogens is 274 g/mol. The minimum Gasteiger partial charge on any atom is -0.382 e. The fourth-order valence-corrected chi connectivity index (χ4v) is 2.78. The monoisotopic (exact) mass is 295 g/mol. The van der Waals surface area contributed by atoms with Gasteiger partial charge in [0.1, 0.15) is 17.3 Å². The van der Waals surface area contributed by atoms with Gasteiger partial charge in [-0.15, -0.1) is 0 Å². The molecule has 22 heavy (non-hydrogen) atoms. The van der Waals surface area contributed by atoms with Gasteiger partial charge in [-0.1, -0.05) is 30.8 Å². The third-order valence-electron chi connectivity index (χ3n) is 4.07. The summed E-state index contributed by atoms with van der Waals surface area (Å²) in [5.74, 6) is 7.36. The molecule has 2 heterocycles. The fourth-order valence-electron chi connectivity index (χ4n) is 2.78. The molecule has 0 unspecified atom stereocenters. The summed E-state index contributed by atoms with van der Waals surface area (Å²) in [4.78, 5) is 6.42. The Morgan fingerprint density at radius 2 is 1.95 bits per heavy atom. The van der Waals surface area contributed by atoms with Crippen molar-refractivity contribution in [1.29, 1.82) is 0 Å². The van der Waals surface area contributed by atoms with Crippen LogP contribution in [0.5, 0.6) is 0 Å². The van der Waals surface area contributed by atoms with Gasteiger partial charge in [0.05, 0.1) is 0 Å². The molecule has 1 aliphatic rings. The lowest BCUT2D eigenvalue weighted by atomic mass is 10.00. The highest BCUT2D eigenvalue weighted by molar-refractivity contribution is 5.65. The highest BCUT2D eigenvalue weighted by atomic mass is 15.5. The van der Waals surface area contributed by atoms with Gasteiger partial charge in [-0.2, -0.15) is 0 Å². The molecule has 114 valence electrons. The van der Waals surface area contributed by atoms with Gasteiger partial charge in [-0.3, -0.25) is 5.01 Å². The van der Waals surface area contributed by atoms with Gasteiger partial charge >= 0.3 is 0 Å². The largest absolute Gasteiger partial charge is 0.382 e. The molecular formula is C17H21N5. The van der Waals surface area contributed by atoms with E-state index >= 15 is 0 Å². The second kappa shape index (κ2) is 5.69. The highest BCUT2D eigenvalue weighted by Gasteiger charge is 2.21. The number of nitrogen functional groups attached to an aromatic ring is 1. The van der Waals surface area contributed by atoms with Crippen molar-refractivity contribution in [3.63, 3.8) is 0 Å². The zero-order valence-electron chi connectivity index (χ0n) is 12.8. The third kappa shape index (κ3) is 2.63. The zero-order valence-corrected chi connectivity index (χ0v) is 12.8. The summed E-state index contributed by atoms with van der Waals surface area (Å²) in [6, 6.07) is 12.2. The number of nitrogens with zero attached hydrogens (tertiary/aromatic N) is 3. The summed E-state index contributed by atoms with van der Waals surface area (Å²) in [5.41, 5.74) is 10.2. The first-order valence-corrected chi connectivity index (χ1v) is 7.35. The van der Waals surface area contributed by atoms with E-state index in [0.717, 1.165) is 31.0 Å². The Morgan fingerprint density at radius 1 is 1.23 bits per heavy atom. The average Bonchev–Trinajstić information content (AvgIpc) is 2.53. The first kappa shape index (κ1) is 14.4. The number of anilines is 2. The lowest BCUT2D eigenvalue weighted by Crippen LogP contribution is -2.42. The molecule has 5 heteroatoms.